The molecule has 4 atom stereocenters. The number of phenols is 2. The van der Waals surface area contributed by atoms with Crippen molar-refractivity contribution >= 4 is 5.57 Å². The van der Waals surface area contributed by atoms with Crippen LogP contribution in [0.5, 0.6) is 23.0 Å². The minimum Gasteiger partial charge on any atom is -0.507 e. The summed E-state index contributed by atoms with van der Waals surface area (Å²) < 4.78 is 12.7. The number of phenolic OH excluding ortho intramolecular Hbond substituents is 2. The van der Waals surface area contributed by atoms with Gasteiger partial charge in [0, 0.05) is 23.3 Å². The van der Waals surface area contributed by atoms with E-state index in [-0.39, 0.29) is 17.1 Å². The van der Waals surface area contributed by atoms with Crippen LogP contribution in [0.25, 0.3) is 5.57 Å². The molecule has 0 saturated carbocycles. The van der Waals surface area contributed by atoms with Gasteiger partial charge in [-0.25, -0.2) is 0 Å². The van der Waals surface area contributed by atoms with Crippen molar-refractivity contribution in [3.63, 3.8) is 0 Å². The number of hydrogen-bond acceptors (Lipinski definition) is 4. The highest BCUT2D eigenvalue weighted by atomic mass is 16.5. The molecule has 6 rings (SSSR count). The van der Waals surface area contributed by atoms with Crippen LogP contribution in [0.15, 0.2) is 42.0 Å². The molecule has 2 aromatic rings. The molecule has 4 aliphatic rings. The summed E-state index contributed by atoms with van der Waals surface area (Å²) in [4.78, 5) is 0. The lowest BCUT2D eigenvalue weighted by atomic mass is 9.68. The van der Waals surface area contributed by atoms with Gasteiger partial charge in [-0.05, 0) is 133 Å². The second kappa shape index (κ2) is 14.1. The van der Waals surface area contributed by atoms with E-state index in [1.54, 1.807) is 0 Å². The molecule has 0 spiro atoms. The zero-order valence-electron chi connectivity index (χ0n) is 30.0. The molecule has 4 heteroatoms. The average molecular weight is 629 g/mol. The van der Waals surface area contributed by atoms with Crippen molar-refractivity contribution in [2.24, 2.45) is 17.8 Å². The van der Waals surface area contributed by atoms with E-state index in [0.717, 1.165) is 54.7 Å². The number of benzene rings is 2. The lowest BCUT2D eigenvalue weighted by Gasteiger charge is -2.46. The van der Waals surface area contributed by atoms with Crippen molar-refractivity contribution in [2.75, 3.05) is 0 Å². The first-order chi connectivity index (χ1) is 21.8. The Labute approximate surface area is 279 Å². The maximum Gasteiger partial charge on any atom is 0.131 e. The van der Waals surface area contributed by atoms with Gasteiger partial charge in [0.2, 0.25) is 0 Å². The Morgan fingerprint density at radius 1 is 0.739 bits per heavy atom. The molecule has 0 amide bonds. The lowest BCUT2D eigenvalue weighted by Crippen LogP contribution is -2.45. The number of unbranched alkanes of at least 4 members (excludes halogenated alkanes) is 4. The Morgan fingerprint density at radius 2 is 1.35 bits per heavy atom. The van der Waals surface area contributed by atoms with Gasteiger partial charge in [-0.15, -0.1) is 0 Å². The smallest absolute Gasteiger partial charge is 0.131 e. The van der Waals surface area contributed by atoms with Crippen LogP contribution >= 0.6 is 0 Å². The maximum atomic E-state index is 10.7. The predicted octanol–water partition coefficient (Wildman–Crippen LogP) is 11.5. The predicted molar refractivity (Wildman–Crippen MR) is 191 cm³/mol. The molecule has 2 N–H and O–H groups in total. The van der Waals surface area contributed by atoms with E-state index in [2.05, 4.69) is 79.7 Å². The molecule has 46 heavy (non-hydrogen) atoms. The molecule has 0 aromatic heterocycles. The number of ether oxygens (including phenoxy) is 2. The molecular weight excluding hydrogens is 568 g/mol. The molecular formula is C42H60O4. The number of hydrogen-bond donors (Lipinski definition) is 2. The van der Waals surface area contributed by atoms with E-state index in [1.165, 1.54) is 67.2 Å². The highest BCUT2D eigenvalue weighted by molar-refractivity contribution is 5.80. The zero-order chi connectivity index (χ0) is 33.2. The molecule has 4 nitrogen and oxygen atoms in total. The van der Waals surface area contributed by atoms with E-state index < -0.39 is 0 Å². The van der Waals surface area contributed by atoms with Crippen LogP contribution in [0, 0.1) is 17.8 Å². The van der Waals surface area contributed by atoms with Gasteiger partial charge in [-0.1, -0.05) is 64.2 Å². The molecule has 0 fully saturated rings. The first kappa shape index (κ1) is 34.5. The number of allylic oxidation sites excluding steroid dienone is 3. The highest BCUT2D eigenvalue weighted by Crippen LogP contribution is 2.54. The highest BCUT2D eigenvalue weighted by Gasteiger charge is 2.45. The first-order valence-corrected chi connectivity index (χ1v) is 18.3. The largest absolute Gasteiger partial charge is 0.507 e. The summed E-state index contributed by atoms with van der Waals surface area (Å²) in [5.74, 6) is 4.27. The van der Waals surface area contributed by atoms with Gasteiger partial charge in [-0.2, -0.15) is 0 Å². The van der Waals surface area contributed by atoms with Crippen LogP contribution in [0.1, 0.15) is 148 Å². The van der Waals surface area contributed by atoms with E-state index in [4.69, 9.17) is 9.47 Å². The normalized spacial score (nSPS) is 25.1. The van der Waals surface area contributed by atoms with E-state index in [1.807, 2.05) is 12.1 Å². The van der Waals surface area contributed by atoms with Crippen molar-refractivity contribution in [3.8, 4) is 23.0 Å². The lowest BCUT2D eigenvalue weighted by molar-refractivity contribution is 0.0107. The minimum absolute atomic E-state index is 0.177. The molecule has 0 saturated heterocycles. The summed E-state index contributed by atoms with van der Waals surface area (Å²) >= 11 is 0. The summed E-state index contributed by atoms with van der Waals surface area (Å²) in [5, 5.41) is 21.3. The molecule has 0 radical (unpaired) electrons. The second-order valence-electron chi connectivity index (χ2n) is 15.8. The van der Waals surface area contributed by atoms with Crippen LogP contribution in [-0.4, -0.2) is 21.4 Å². The Bertz CT molecular complexity index is 1440. The summed E-state index contributed by atoms with van der Waals surface area (Å²) in [6.45, 7) is 17.7. The Morgan fingerprint density at radius 3 is 2.00 bits per heavy atom. The zero-order valence-corrected chi connectivity index (χ0v) is 30.0. The van der Waals surface area contributed by atoms with Crippen molar-refractivity contribution in [3.05, 3.63) is 64.2 Å². The maximum absolute atomic E-state index is 10.7. The van der Waals surface area contributed by atoms with Gasteiger partial charge in [0.15, 0.2) is 0 Å². The standard InChI is InChI=1S/2C21H30O2/c2*1-5-6-7-8-15-12-18(22)20-16-11-14(2)9-10-17(16)21(3,4)23-19(20)13-15/h11-13,16-17,22H,5-10H2,1-4H3;11-14,17,22H,5-10H2,1-4H3/t16-,17-;14?,17-/m11/s1. The summed E-state index contributed by atoms with van der Waals surface area (Å²) in [5.41, 5.74) is 6.69. The van der Waals surface area contributed by atoms with Crippen LogP contribution in [0.4, 0.5) is 0 Å². The number of aryl methyl sites for hydroxylation is 2. The Kier molecular flexibility index (Phi) is 10.5. The third-order valence-electron chi connectivity index (χ3n) is 11.1. The Hall–Kier alpha value is -2.88. The number of fused-ring (bicyclic) bond motifs is 6. The molecule has 0 bridgehead atoms. The number of aromatic hydroxyl groups is 2. The second-order valence-corrected chi connectivity index (χ2v) is 15.8. The fraction of sp³-hybridized carbons (Fsp3) is 0.619. The molecule has 1 unspecified atom stereocenters. The van der Waals surface area contributed by atoms with Gasteiger partial charge in [-0.3, -0.25) is 0 Å². The van der Waals surface area contributed by atoms with Crippen LogP contribution in [0.3, 0.4) is 0 Å². The summed E-state index contributed by atoms with van der Waals surface area (Å²) in [6, 6.07) is 8.24. The van der Waals surface area contributed by atoms with Crippen molar-refractivity contribution < 1.29 is 19.7 Å². The third kappa shape index (κ3) is 7.32. The van der Waals surface area contributed by atoms with Gasteiger partial charge in [0.25, 0.3) is 0 Å². The van der Waals surface area contributed by atoms with Crippen LogP contribution < -0.4 is 9.47 Å². The monoisotopic (exact) mass is 628 g/mol. The van der Waals surface area contributed by atoms with Gasteiger partial charge >= 0.3 is 0 Å². The summed E-state index contributed by atoms with van der Waals surface area (Å²) in [6.07, 6.45) is 18.6. The quantitative estimate of drug-likeness (QED) is 0.226. The first-order valence-electron chi connectivity index (χ1n) is 18.3. The summed E-state index contributed by atoms with van der Waals surface area (Å²) in [7, 11) is 0. The van der Waals surface area contributed by atoms with Crippen molar-refractivity contribution in [1.82, 2.24) is 0 Å². The number of rotatable bonds is 8. The van der Waals surface area contributed by atoms with Crippen molar-refractivity contribution in [1.29, 1.82) is 0 Å². The SMILES string of the molecule is CCCCCc1cc(O)c2c(c1)OC(C)(C)[C@@H]1CCC(C)=C[C@@H]21.CCCCCc1cc(O)c2c(c1)OC(C)(C)[C@@H]1CCC(C)C=C21. The molecule has 252 valence electrons. The third-order valence-corrected chi connectivity index (χ3v) is 11.1. The Balaban J connectivity index is 0.000000181. The van der Waals surface area contributed by atoms with Crippen LogP contribution in [-0.2, 0) is 12.8 Å². The fourth-order valence-electron chi connectivity index (χ4n) is 8.48. The van der Waals surface area contributed by atoms with Gasteiger partial charge in [0.05, 0.1) is 5.56 Å². The van der Waals surface area contributed by atoms with Crippen molar-refractivity contribution in [2.45, 2.75) is 150 Å². The fourth-order valence-corrected chi connectivity index (χ4v) is 8.48. The van der Waals surface area contributed by atoms with Crippen LogP contribution in [0.2, 0.25) is 0 Å². The molecule has 2 aromatic carbocycles. The molecule has 2 aliphatic carbocycles. The topological polar surface area (TPSA) is 58.9 Å². The minimum atomic E-state index is -0.201. The van der Waals surface area contributed by atoms with E-state index in [9.17, 15) is 10.2 Å². The van der Waals surface area contributed by atoms with E-state index >= 15 is 0 Å². The van der Waals surface area contributed by atoms with E-state index in [0.29, 0.717) is 29.3 Å². The molecule has 2 aliphatic heterocycles. The average Bonchev–Trinajstić information content (AvgIpc) is 2.96. The van der Waals surface area contributed by atoms with Gasteiger partial charge in [0.1, 0.15) is 34.2 Å². The molecule has 2 heterocycles. The van der Waals surface area contributed by atoms with Gasteiger partial charge < -0.3 is 19.7 Å².